The summed E-state index contributed by atoms with van der Waals surface area (Å²) in [5, 5.41) is 2.53. The van der Waals surface area contributed by atoms with Gasteiger partial charge in [-0.2, -0.15) is 0 Å². The minimum atomic E-state index is 0.0113. The van der Waals surface area contributed by atoms with E-state index in [-0.39, 0.29) is 10.8 Å². The molecule has 1 aliphatic rings. The van der Waals surface area contributed by atoms with Gasteiger partial charge in [-0.15, -0.1) is 0 Å². The largest absolute Gasteiger partial charge is 0.0908 e. The van der Waals surface area contributed by atoms with Gasteiger partial charge in [0.2, 0.25) is 0 Å². The smallest absolute Gasteiger partial charge is 0.00609 e. The van der Waals surface area contributed by atoms with E-state index in [0.717, 1.165) is 6.42 Å². The summed E-state index contributed by atoms with van der Waals surface area (Å²) in [6, 6.07) is 18.1. The second kappa shape index (κ2) is 8.07. The summed E-state index contributed by atoms with van der Waals surface area (Å²) in [4.78, 5) is 0. The van der Waals surface area contributed by atoms with Gasteiger partial charge in [0.25, 0.3) is 0 Å². The fraction of sp³-hybridized carbons (Fsp3) is 0.375. The van der Waals surface area contributed by atoms with E-state index < -0.39 is 0 Å². The van der Waals surface area contributed by atoms with Gasteiger partial charge >= 0.3 is 0 Å². The predicted molar refractivity (Wildman–Crippen MR) is 142 cm³/mol. The average molecular weight is 423 g/mol. The normalized spacial score (nSPS) is 13.0. The van der Waals surface area contributed by atoms with Gasteiger partial charge in [0.1, 0.15) is 0 Å². The summed E-state index contributed by atoms with van der Waals surface area (Å²) in [5.41, 5.74) is 11.3. The van der Waals surface area contributed by atoms with Crippen molar-refractivity contribution in [3.8, 4) is 22.3 Å². The molecule has 0 nitrogen and oxygen atoms in total. The number of unbranched alkanes of at least 4 members (excludes halogenated alkanes) is 1. The fourth-order valence-corrected chi connectivity index (χ4v) is 5.23. The SMILES string of the molecule is C=c1c(C(C)(C)C)c(-c2ccccc2)c(CCCC)c2c1=Cc1cc(C(C)(C)C)ccc1-2. The van der Waals surface area contributed by atoms with E-state index in [1.807, 2.05) is 0 Å². The van der Waals surface area contributed by atoms with Crippen molar-refractivity contribution in [2.75, 3.05) is 0 Å². The molecule has 0 saturated heterocycles. The van der Waals surface area contributed by atoms with Gasteiger partial charge in [0, 0.05) is 0 Å². The van der Waals surface area contributed by atoms with Crippen molar-refractivity contribution in [1.29, 1.82) is 0 Å². The Morgan fingerprint density at radius 1 is 0.812 bits per heavy atom. The molecule has 0 unspecified atom stereocenters. The summed E-state index contributed by atoms with van der Waals surface area (Å²) >= 11 is 0. The zero-order valence-corrected chi connectivity index (χ0v) is 21.0. The molecule has 0 heteroatoms. The molecule has 32 heavy (non-hydrogen) atoms. The lowest BCUT2D eigenvalue weighted by Gasteiger charge is -2.28. The second-order valence-electron chi connectivity index (χ2n) is 11.4. The van der Waals surface area contributed by atoms with E-state index in [4.69, 9.17) is 0 Å². The van der Waals surface area contributed by atoms with Gasteiger partial charge in [-0.05, 0) is 84.7 Å². The highest BCUT2D eigenvalue weighted by Gasteiger charge is 2.29. The maximum Gasteiger partial charge on any atom is -0.00609 e. The van der Waals surface area contributed by atoms with E-state index in [2.05, 4.69) is 110 Å². The van der Waals surface area contributed by atoms with E-state index in [0.29, 0.717) is 0 Å². The molecule has 3 aromatic rings. The third kappa shape index (κ3) is 3.85. The van der Waals surface area contributed by atoms with Crippen LogP contribution in [0.15, 0.2) is 48.5 Å². The topological polar surface area (TPSA) is 0 Å². The highest BCUT2D eigenvalue weighted by atomic mass is 14.3. The number of hydrogen-bond donors (Lipinski definition) is 0. The maximum atomic E-state index is 4.69. The molecule has 0 heterocycles. The third-order valence-electron chi connectivity index (χ3n) is 6.83. The molecule has 4 rings (SSSR count). The van der Waals surface area contributed by atoms with Crippen LogP contribution in [0.1, 0.15) is 83.6 Å². The van der Waals surface area contributed by atoms with Gasteiger partial charge in [-0.3, -0.25) is 0 Å². The monoisotopic (exact) mass is 422 g/mol. The summed E-state index contributed by atoms with van der Waals surface area (Å²) in [6.07, 6.45) is 5.89. The number of benzene rings is 3. The first-order chi connectivity index (χ1) is 15.0. The molecule has 0 saturated carbocycles. The molecule has 0 radical (unpaired) electrons. The Morgan fingerprint density at radius 2 is 1.50 bits per heavy atom. The van der Waals surface area contributed by atoms with Crippen molar-refractivity contribution in [3.63, 3.8) is 0 Å². The van der Waals surface area contributed by atoms with Crippen molar-refractivity contribution in [1.82, 2.24) is 0 Å². The van der Waals surface area contributed by atoms with Crippen LogP contribution < -0.4 is 10.4 Å². The molecule has 0 bridgehead atoms. The van der Waals surface area contributed by atoms with Crippen LogP contribution in [-0.2, 0) is 17.3 Å². The molecule has 0 spiro atoms. The Bertz CT molecular complexity index is 1260. The van der Waals surface area contributed by atoms with Crippen molar-refractivity contribution in [2.45, 2.75) is 78.6 Å². The molecule has 166 valence electrons. The van der Waals surface area contributed by atoms with Crippen LogP contribution in [0.3, 0.4) is 0 Å². The lowest BCUT2D eigenvalue weighted by atomic mass is 9.75. The Labute approximate surface area is 194 Å². The van der Waals surface area contributed by atoms with Gasteiger partial charge in [0.05, 0.1) is 0 Å². The van der Waals surface area contributed by atoms with Crippen LogP contribution in [-0.4, -0.2) is 0 Å². The molecule has 1 aliphatic carbocycles. The van der Waals surface area contributed by atoms with Crippen LogP contribution in [0, 0.1) is 0 Å². The van der Waals surface area contributed by atoms with Crippen LogP contribution in [0.25, 0.3) is 34.9 Å². The van der Waals surface area contributed by atoms with E-state index >= 15 is 0 Å². The summed E-state index contributed by atoms with van der Waals surface area (Å²) < 4.78 is 0. The first-order valence-corrected chi connectivity index (χ1v) is 12.1. The molecule has 0 aliphatic heterocycles. The molecular formula is C32H38. The van der Waals surface area contributed by atoms with Gasteiger partial charge in [-0.25, -0.2) is 0 Å². The predicted octanol–water partition coefficient (Wildman–Crippen LogP) is 7.51. The van der Waals surface area contributed by atoms with Crippen LogP contribution in [0.4, 0.5) is 0 Å². The maximum absolute atomic E-state index is 4.69. The average Bonchev–Trinajstić information content (AvgIpc) is 3.11. The Morgan fingerprint density at radius 3 is 2.09 bits per heavy atom. The third-order valence-corrected chi connectivity index (χ3v) is 6.83. The summed E-state index contributed by atoms with van der Waals surface area (Å²) in [6.45, 7) is 20.9. The number of hydrogen-bond acceptors (Lipinski definition) is 0. The van der Waals surface area contributed by atoms with Crippen LogP contribution >= 0.6 is 0 Å². The number of fused-ring (bicyclic) bond motifs is 3. The highest BCUT2D eigenvalue weighted by Crippen LogP contribution is 2.41. The van der Waals surface area contributed by atoms with Crippen molar-refractivity contribution < 1.29 is 0 Å². The first-order valence-electron chi connectivity index (χ1n) is 12.1. The summed E-state index contributed by atoms with van der Waals surface area (Å²) in [5.74, 6) is 0. The fourth-order valence-electron chi connectivity index (χ4n) is 5.23. The van der Waals surface area contributed by atoms with Crippen LogP contribution in [0.2, 0.25) is 0 Å². The Kier molecular flexibility index (Phi) is 5.70. The lowest BCUT2D eigenvalue weighted by Crippen LogP contribution is -2.36. The molecular weight excluding hydrogens is 384 g/mol. The summed E-state index contributed by atoms with van der Waals surface area (Å²) in [7, 11) is 0. The van der Waals surface area contributed by atoms with E-state index in [9.17, 15) is 0 Å². The lowest BCUT2D eigenvalue weighted by molar-refractivity contribution is 0.586. The zero-order chi connectivity index (χ0) is 23.3. The minimum Gasteiger partial charge on any atom is -0.0908 e. The van der Waals surface area contributed by atoms with Crippen molar-refractivity contribution >= 4 is 12.7 Å². The van der Waals surface area contributed by atoms with Gasteiger partial charge in [0.15, 0.2) is 0 Å². The Balaban J connectivity index is 2.14. The van der Waals surface area contributed by atoms with E-state index in [1.54, 1.807) is 0 Å². The first kappa shape index (κ1) is 22.6. The molecule has 0 aromatic heterocycles. The van der Waals surface area contributed by atoms with E-state index in [1.165, 1.54) is 67.8 Å². The van der Waals surface area contributed by atoms with Gasteiger partial charge < -0.3 is 0 Å². The van der Waals surface area contributed by atoms with Crippen LogP contribution in [0.5, 0.6) is 0 Å². The highest BCUT2D eigenvalue weighted by molar-refractivity contribution is 5.90. The van der Waals surface area contributed by atoms with Crippen molar-refractivity contribution in [3.05, 3.63) is 81.2 Å². The molecule has 0 fully saturated rings. The Hall–Kier alpha value is -2.60. The molecule has 0 N–H and O–H groups in total. The molecule has 3 aromatic carbocycles. The molecule has 0 atom stereocenters. The zero-order valence-electron chi connectivity index (χ0n) is 21.0. The number of rotatable bonds is 4. The quantitative estimate of drug-likeness (QED) is 0.319. The van der Waals surface area contributed by atoms with Crippen molar-refractivity contribution in [2.24, 2.45) is 0 Å². The van der Waals surface area contributed by atoms with Gasteiger partial charge in [-0.1, -0.05) is 110 Å². The standard InChI is InChI=1S/C32H38/c1-9-10-16-26-28(22-14-12-11-13-15-22)30(32(6,7)8)21(2)27-20-23-19-24(31(3,4)5)17-18-25(23)29(26)27/h11-15,17-20H,2,9-10,16H2,1,3-8H3. The second-order valence-corrected chi connectivity index (χ2v) is 11.4. The molecule has 0 amide bonds. The minimum absolute atomic E-state index is 0.0113.